The largest absolute Gasteiger partial charge is 0.299 e. The lowest BCUT2D eigenvalue weighted by Crippen LogP contribution is -2.52. The number of hydrogen-bond acceptors (Lipinski definition) is 2. The van der Waals surface area contributed by atoms with Gasteiger partial charge in [-0.05, 0) is 66.3 Å². The Morgan fingerprint density at radius 3 is 2.80 bits per heavy atom. The van der Waals surface area contributed by atoms with Gasteiger partial charge in [0.1, 0.15) is 5.78 Å². The van der Waals surface area contributed by atoms with Gasteiger partial charge in [-0.1, -0.05) is 25.0 Å². The minimum Gasteiger partial charge on any atom is -0.299 e. The van der Waals surface area contributed by atoms with Gasteiger partial charge in [-0.3, -0.25) is 9.59 Å². The molecule has 25 heavy (non-hydrogen) atoms. The normalized spacial score (nSPS) is 42.7. The van der Waals surface area contributed by atoms with Crippen LogP contribution in [0.4, 0.5) is 0 Å². The lowest BCUT2D eigenvalue weighted by Gasteiger charge is -2.58. The van der Waals surface area contributed by atoms with Crippen molar-refractivity contribution < 1.29 is 9.59 Å². The molecule has 0 radical (unpaired) electrons. The SMILES string of the molecule is C=C1C[C@@H]2[C@H](CC[C@]3(C)C(=O)CC[C@@H]23)[C@@]2(CC#CBr)CCC(=O)C=C12. The lowest BCUT2D eigenvalue weighted by molar-refractivity contribution is -0.132. The van der Waals surface area contributed by atoms with Crippen molar-refractivity contribution in [2.75, 3.05) is 0 Å². The molecule has 0 aromatic rings. The highest BCUT2D eigenvalue weighted by atomic mass is 79.9. The molecule has 0 aromatic carbocycles. The van der Waals surface area contributed by atoms with Crippen molar-refractivity contribution in [3.05, 3.63) is 23.8 Å². The fourth-order valence-electron chi connectivity index (χ4n) is 6.63. The third kappa shape index (κ3) is 2.36. The van der Waals surface area contributed by atoms with E-state index in [4.69, 9.17) is 0 Å². The molecule has 0 bridgehead atoms. The van der Waals surface area contributed by atoms with Crippen LogP contribution in [0.25, 0.3) is 0 Å². The summed E-state index contributed by atoms with van der Waals surface area (Å²) in [7, 11) is 0. The molecule has 0 saturated heterocycles. The molecule has 3 saturated carbocycles. The average molecular weight is 401 g/mol. The smallest absolute Gasteiger partial charge is 0.156 e. The Bertz CT molecular complexity index is 752. The maximum atomic E-state index is 12.6. The van der Waals surface area contributed by atoms with Crippen LogP contribution in [0.2, 0.25) is 0 Å². The van der Waals surface area contributed by atoms with Crippen LogP contribution in [0, 0.1) is 39.3 Å². The monoisotopic (exact) mass is 400 g/mol. The maximum absolute atomic E-state index is 12.6. The minimum atomic E-state index is -0.130. The first kappa shape index (κ1) is 17.3. The first-order chi connectivity index (χ1) is 11.9. The Hall–Kier alpha value is -1.14. The Morgan fingerprint density at radius 1 is 1.24 bits per heavy atom. The molecule has 3 fully saturated rings. The van der Waals surface area contributed by atoms with Crippen LogP contribution in [-0.4, -0.2) is 11.6 Å². The zero-order valence-corrected chi connectivity index (χ0v) is 16.5. The molecule has 3 heteroatoms. The molecular formula is C22H25BrO2. The van der Waals surface area contributed by atoms with E-state index >= 15 is 0 Å². The van der Waals surface area contributed by atoms with Crippen molar-refractivity contribution in [1.29, 1.82) is 0 Å². The van der Waals surface area contributed by atoms with Gasteiger partial charge in [0.25, 0.3) is 0 Å². The molecule has 4 aliphatic carbocycles. The highest BCUT2D eigenvalue weighted by molar-refractivity contribution is 9.12. The summed E-state index contributed by atoms with van der Waals surface area (Å²) >= 11 is 3.25. The second-order valence-corrected chi connectivity index (χ2v) is 9.13. The summed E-state index contributed by atoms with van der Waals surface area (Å²) in [6.07, 6.45) is 8.94. The molecule has 0 aliphatic heterocycles. The second-order valence-electron chi connectivity index (χ2n) is 8.73. The van der Waals surface area contributed by atoms with Gasteiger partial charge in [-0.15, -0.1) is 0 Å². The fourth-order valence-corrected chi connectivity index (χ4v) is 6.77. The predicted molar refractivity (Wildman–Crippen MR) is 102 cm³/mol. The number of fused-ring (bicyclic) bond motifs is 5. The summed E-state index contributed by atoms with van der Waals surface area (Å²) in [4.78, 5) is 27.6. The van der Waals surface area contributed by atoms with Crippen molar-refractivity contribution in [1.82, 2.24) is 0 Å². The van der Waals surface area contributed by atoms with Gasteiger partial charge in [0, 0.05) is 46.0 Å². The molecule has 4 rings (SSSR count). The van der Waals surface area contributed by atoms with E-state index in [1.807, 2.05) is 6.08 Å². The zero-order valence-electron chi connectivity index (χ0n) is 14.9. The molecule has 2 nitrogen and oxygen atoms in total. The number of Topliss-reactive ketones (excluding diaryl/α,β-unsaturated/α-hetero) is 1. The van der Waals surface area contributed by atoms with E-state index in [1.165, 1.54) is 5.57 Å². The molecule has 5 atom stereocenters. The van der Waals surface area contributed by atoms with Gasteiger partial charge in [-0.25, -0.2) is 0 Å². The van der Waals surface area contributed by atoms with Crippen LogP contribution < -0.4 is 0 Å². The molecule has 0 unspecified atom stereocenters. The Balaban J connectivity index is 1.80. The summed E-state index contributed by atoms with van der Waals surface area (Å²) in [5, 5.41) is 0. The molecule has 132 valence electrons. The van der Waals surface area contributed by atoms with E-state index in [-0.39, 0.29) is 16.6 Å². The van der Waals surface area contributed by atoms with E-state index in [9.17, 15) is 9.59 Å². The third-order valence-corrected chi connectivity index (χ3v) is 8.13. The number of halogens is 1. The van der Waals surface area contributed by atoms with Crippen molar-refractivity contribution in [2.45, 2.75) is 58.3 Å². The third-order valence-electron chi connectivity index (χ3n) is 7.85. The summed E-state index contributed by atoms with van der Waals surface area (Å²) in [5.74, 6) is 5.47. The molecule has 0 heterocycles. The van der Waals surface area contributed by atoms with Crippen LogP contribution in [0.5, 0.6) is 0 Å². The maximum Gasteiger partial charge on any atom is 0.156 e. The average Bonchev–Trinajstić information content (AvgIpc) is 2.90. The van der Waals surface area contributed by atoms with Gasteiger partial charge in [0.05, 0.1) is 0 Å². The predicted octanol–water partition coefficient (Wildman–Crippen LogP) is 4.98. The molecule has 4 aliphatic rings. The molecule has 0 aromatic heterocycles. The number of carbonyl (C=O) groups excluding carboxylic acids is 2. The number of carbonyl (C=O) groups is 2. The van der Waals surface area contributed by atoms with E-state index in [0.717, 1.165) is 50.5 Å². The van der Waals surface area contributed by atoms with Crippen molar-refractivity contribution in [2.24, 2.45) is 28.6 Å². The number of ketones is 2. The van der Waals surface area contributed by atoms with Crippen LogP contribution in [-0.2, 0) is 9.59 Å². The first-order valence-electron chi connectivity index (χ1n) is 9.47. The lowest BCUT2D eigenvalue weighted by atomic mass is 9.45. The van der Waals surface area contributed by atoms with Crippen LogP contribution >= 0.6 is 15.9 Å². The highest BCUT2D eigenvalue weighted by Crippen LogP contribution is 2.66. The zero-order chi connectivity index (χ0) is 17.8. The highest BCUT2D eigenvalue weighted by Gasteiger charge is 2.60. The van der Waals surface area contributed by atoms with Gasteiger partial charge < -0.3 is 0 Å². The van der Waals surface area contributed by atoms with Gasteiger partial charge in [0.15, 0.2) is 5.78 Å². The fraction of sp³-hybridized carbons (Fsp3) is 0.636. The van der Waals surface area contributed by atoms with Crippen LogP contribution in [0.1, 0.15) is 58.3 Å². The summed E-state index contributed by atoms with van der Waals surface area (Å²) in [6, 6.07) is 0. The van der Waals surface area contributed by atoms with E-state index in [1.54, 1.807) is 0 Å². The summed E-state index contributed by atoms with van der Waals surface area (Å²) in [5.41, 5.74) is 2.12. The number of allylic oxidation sites excluding steroid dienone is 2. The first-order valence-corrected chi connectivity index (χ1v) is 10.3. The van der Waals surface area contributed by atoms with Crippen molar-refractivity contribution in [3.63, 3.8) is 0 Å². The molecule has 0 spiro atoms. The summed E-state index contributed by atoms with van der Waals surface area (Å²) < 4.78 is 0. The van der Waals surface area contributed by atoms with E-state index in [0.29, 0.717) is 30.0 Å². The Morgan fingerprint density at radius 2 is 2.04 bits per heavy atom. The van der Waals surface area contributed by atoms with Crippen molar-refractivity contribution >= 4 is 27.5 Å². The van der Waals surface area contributed by atoms with Crippen LogP contribution in [0.15, 0.2) is 23.8 Å². The Labute approximate surface area is 158 Å². The minimum absolute atomic E-state index is 0.0400. The van der Waals surface area contributed by atoms with E-state index < -0.39 is 0 Å². The van der Waals surface area contributed by atoms with Gasteiger partial charge in [-0.2, -0.15) is 0 Å². The van der Waals surface area contributed by atoms with Crippen molar-refractivity contribution in [3.8, 4) is 10.8 Å². The standard InChI is InChI=1S/C22H25BrO2/c1-14-12-16-17-4-5-20(25)21(17,2)9-7-18(16)22(8-3-11-23)10-6-15(24)13-19(14)22/h13,16-18H,1,4-10,12H2,2H3/t16-,17-,18-,21-,22+/m0/s1. The van der Waals surface area contributed by atoms with Gasteiger partial charge >= 0.3 is 0 Å². The topological polar surface area (TPSA) is 34.1 Å². The molecule has 0 amide bonds. The summed E-state index contributed by atoms with van der Waals surface area (Å²) in [6.45, 7) is 6.57. The quantitative estimate of drug-likeness (QED) is 0.581. The van der Waals surface area contributed by atoms with Gasteiger partial charge in [0.2, 0.25) is 0 Å². The number of rotatable bonds is 1. The molecule has 0 N–H and O–H groups in total. The Kier molecular flexibility index (Phi) is 4.11. The van der Waals surface area contributed by atoms with E-state index in [2.05, 4.69) is 40.2 Å². The van der Waals surface area contributed by atoms with Crippen LogP contribution in [0.3, 0.4) is 0 Å². The number of hydrogen-bond donors (Lipinski definition) is 0. The second kappa shape index (κ2) is 5.95. The molecular weight excluding hydrogens is 376 g/mol.